The van der Waals surface area contributed by atoms with Crippen molar-refractivity contribution in [1.29, 1.82) is 0 Å². The van der Waals surface area contributed by atoms with Crippen LogP contribution in [-0.4, -0.2) is 17.3 Å². The van der Waals surface area contributed by atoms with Gasteiger partial charge in [-0.15, -0.1) is 11.3 Å². The molecule has 0 aliphatic heterocycles. The number of thioether (sulfide) groups is 1. The zero-order chi connectivity index (χ0) is 12.8. The van der Waals surface area contributed by atoms with Crippen molar-refractivity contribution in [1.82, 2.24) is 10.3 Å². The Balaban J connectivity index is 1.92. The Labute approximate surface area is 119 Å². The van der Waals surface area contributed by atoms with E-state index in [-0.39, 0.29) is 0 Å². The molecule has 1 aromatic heterocycles. The molecule has 0 bridgehead atoms. The van der Waals surface area contributed by atoms with Crippen LogP contribution in [0.25, 0.3) is 0 Å². The van der Waals surface area contributed by atoms with Gasteiger partial charge in [0.05, 0.1) is 5.69 Å². The summed E-state index contributed by atoms with van der Waals surface area (Å²) in [5, 5.41) is 4.86. The molecular weight excluding hydrogens is 260 g/mol. The van der Waals surface area contributed by atoms with E-state index in [1.165, 1.54) is 47.0 Å². The lowest BCUT2D eigenvalue weighted by Crippen LogP contribution is -2.13. The fourth-order valence-corrected chi connectivity index (χ4v) is 4.04. The van der Waals surface area contributed by atoms with Gasteiger partial charge in [0.1, 0.15) is 5.01 Å². The minimum atomic E-state index is 0.782. The van der Waals surface area contributed by atoms with E-state index in [9.17, 15) is 0 Å². The molecule has 102 valence electrons. The van der Waals surface area contributed by atoms with E-state index in [4.69, 9.17) is 4.98 Å². The molecule has 0 saturated heterocycles. The fraction of sp³-hybridized carbons (Fsp3) is 0.786. The van der Waals surface area contributed by atoms with E-state index in [1.807, 2.05) is 23.1 Å². The third-order valence-electron chi connectivity index (χ3n) is 3.02. The summed E-state index contributed by atoms with van der Waals surface area (Å²) in [4.78, 5) is 6.38. The Hall–Kier alpha value is -0.0600. The Morgan fingerprint density at radius 3 is 2.83 bits per heavy atom. The summed E-state index contributed by atoms with van der Waals surface area (Å²) in [6.45, 7) is 6.59. The normalized spacial score (nSPS) is 15.2. The van der Waals surface area contributed by atoms with Crippen LogP contribution in [0.1, 0.15) is 61.0 Å². The third-order valence-corrected chi connectivity index (χ3v) is 5.45. The van der Waals surface area contributed by atoms with Crippen LogP contribution in [0.5, 0.6) is 0 Å². The topological polar surface area (TPSA) is 24.9 Å². The first-order chi connectivity index (χ1) is 8.85. The number of nitrogens with zero attached hydrogens (tertiary/aromatic N) is 1. The molecule has 2 rings (SSSR count). The Kier molecular flexibility index (Phi) is 5.99. The van der Waals surface area contributed by atoms with Crippen LogP contribution < -0.4 is 5.32 Å². The number of rotatable bonds is 9. The average Bonchev–Trinajstić information content (AvgIpc) is 3.13. The van der Waals surface area contributed by atoms with Gasteiger partial charge in [0.15, 0.2) is 0 Å². The molecule has 1 fully saturated rings. The van der Waals surface area contributed by atoms with Gasteiger partial charge >= 0.3 is 0 Å². The first-order valence-electron chi connectivity index (χ1n) is 7.12. The summed E-state index contributed by atoms with van der Waals surface area (Å²) in [6.07, 6.45) is 5.17. The molecule has 1 saturated carbocycles. The van der Waals surface area contributed by atoms with Gasteiger partial charge in [0.25, 0.3) is 0 Å². The largest absolute Gasteiger partial charge is 0.312 e. The van der Waals surface area contributed by atoms with E-state index in [2.05, 4.69) is 19.2 Å². The molecule has 0 aromatic carbocycles. The highest BCUT2D eigenvalue weighted by Crippen LogP contribution is 2.43. The number of nitrogens with one attached hydrogen (secondary N) is 1. The van der Waals surface area contributed by atoms with Gasteiger partial charge in [0, 0.05) is 23.1 Å². The summed E-state index contributed by atoms with van der Waals surface area (Å²) in [5.74, 6) is 3.14. The minimum absolute atomic E-state index is 0.782. The molecule has 18 heavy (non-hydrogen) atoms. The number of hydrogen-bond acceptors (Lipinski definition) is 4. The number of aromatic nitrogens is 1. The summed E-state index contributed by atoms with van der Waals surface area (Å²) in [6, 6.07) is 0. The first-order valence-corrected chi connectivity index (χ1v) is 9.09. The molecule has 2 nitrogen and oxygen atoms in total. The molecule has 1 aliphatic carbocycles. The molecule has 0 unspecified atom stereocenters. The van der Waals surface area contributed by atoms with E-state index in [1.54, 1.807) is 0 Å². The van der Waals surface area contributed by atoms with Crippen molar-refractivity contribution in [3.63, 3.8) is 0 Å². The standard InChI is InChI=1S/C14H24N2S2/c1-3-7-15-9-12-14(11-5-6-11)16-13(18-12)10-17-8-4-2/h11,15H,3-10H2,1-2H3. The van der Waals surface area contributed by atoms with Gasteiger partial charge in [-0.25, -0.2) is 4.98 Å². The van der Waals surface area contributed by atoms with Gasteiger partial charge in [-0.2, -0.15) is 11.8 Å². The first kappa shape index (κ1) is 14.4. The average molecular weight is 284 g/mol. The number of thiazole rings is 1. The third kappa shape index (κ3) is 4.25. The Morgan fingerprint density at radius 1 is 1.33 bits per heavy atom. The van der Waals surface area contributed by atoms with Crippen molar-refractivity contribution < 1.29 is 0 Å². The van der Waals surface area contributed by atoms with Crippen molar-refractivity contribution in [2.45, 2.75) is 57.7 Å². The minimum Gasteiger partial charge on any atom is -0.312 e. The van der Waals surface area contributed by atoms with Crippen LogP contribution >= 0.6 is 23.1 Å². The summed E-state index contributed by atoms with van der Waals surface area (Å²) in [7, 11) is 0. The van der Waals surface area contributed by atoms with Gasteiger partial charge < -0.3 is 5.32 Å². The maximum atomic E-state index is 4.88. The second kappa shape index (κ2) is 7.51. The fourth-order valence-electron chi connectivity index (χ4n) is 1.96. The highest BCUT2D eigenvalue weighted by atomic mass is 32.2. The lowest BCUT2D eigenvalue weighted by molar-refractivity contribution is 0.676. The smallest absolute Gasteiger partial charge is 0.103 e. The van der Waals surface area contributed by atoms with Crippen molar-refractivity contribution in [2.24, 2.45) is 0 Å². The van der Waals surface area contributed by atoms with Gasteiger partial charge in [-0.1, -0.05) is 13.8 Å². The molecule has 0 radical (unpaired) electrons. The summed E-state index contributed by atoms with van der Waals surface area (Å²) >= 11 is 3.95. The zero-order valence-electron chi connectivity index (χ0n) is 11.5. The highest BCUT2D eigenvalue weighted by molar-refractivity contribution is 7.98. The second-order valence-corrected chi connectivity index (χ2v) is 7.19. The van der Waals surface area contributed by atoms with Crippen molar-refractivity contribution in [3.05, 3.63) is 15.6 Å². The summed E-state index contributed by atoms with van der Waals surface area (Å²) < 4.78 is 0. The molecule has 0 atom stereocenters. The monoisotopic (exact) mass is 284 g/mol. The predicted molar refractivity (Wildman–Crippen MR) is 82.5 cm³/mol. The van der Waals surface area contributed by atoms with Crippen molar-refractivity contribution in [2.75, 3.05) is 12.3 Å². The molecule has 1 N–H and O–H groups in total. The van der Waals surface area contributed by atoms with Crippen molar-refractivity contribution in [3.8, 4) is 0 Å². The van der Waals surface area contributed by atoms with Gasteiger partial charge in [-0.3, -0.25) is 0 Å². The zero-order valence-corrected chi connectivity index (χ0v) is 13.1. The van der Waals surface area contributed by atoms with Crippen LogP contribution in [-0.2, 0) is 12.3 Å². The molecule has 0 spiro atoms. The van der Waals surface area contributed by atoms with Crippen LogP contribution in [0.15, 0.2) is 0 Å². The van der Waals surface area contributed by atoms with Crippen LogP contribution in [0, 0.1) is 0 Å². The molecule has 4 heteroatoms. The van der Waals surface area contributed by atoms with E-state index >= 15 is 0 Å². The van der Waals surface area contributed by atoms with Crippen LogP contribution in [0.2, 0.25) is 0 Å². The molecule has 1 aromatic rings. The maximum Gasteiger partial charge on any atom is 0.103 e. The van der Waals surface area contributed by atoms with Gasteiger partial charge in [-0.05, 0) is 38.0 Å². The van der Waals surface area contributed by atoms with E-state index in [0.29, 0.717) is 0 Å². The molecule has 1 heterocycles. The lowest BCUT2D eigenvalue weighted by Gasteiger charge is -2.01. The second-order valence-electron chi connectivity index (χ2n) is 4.92. The molecular formula is C14H24N2S2. The van der Waals surface area contributed by atoms with Crippen LogP contribution in [0.3, 0.4) is 0 Å². The Morgan fingerprint density at radius 2 is 2.17 bits per heavy atom. The summed E-state index contributed by atoms with van der Waals surface area (Å²) in [5.41, 5.74) is 1.41. The maximum absolute atomic E-state index is 4.88. The lowest BCUT2D eigenvalue weighted by atomic mass is 10.2. The molecule has 0 amide bonds. The van der Waals surface area contributed by atoms with Gasteiger partial charge in [0.2, 0.25) is 0 Å². The Bertz CT molecular complexity index is 359. The quantitative estimate of drug-likeness (QED) is 0.689. The predicted octanol–water partition coefficient (Wildman–Crippen LogP) is 4.16. The molecule has 1 aliphatic rings. The number of hydrogen-bond donors (Lipinski definition) is 1. The highest BCUT2D eigenvalue weighted by Gasteiger charge is 2.29. The SMILES string of the molecule is CCCNCc1sc(CSCCC)nc1C1CC1. The van der Waals surface area contributed by atoms with Crippen LogP contribution in [0.4, 0.5) is 0 Å². The van der Waals surface area contributed by atoms with E-state index in [0.717, 1.165) is 24.8 Å². The van der Waals surface area contributed by atoms with Crippen molar-refractivity contribution >= 4 is 23.1 Å². The van der Waals surface area contributed by atoms with E-state index < -0.39 is 0 Å².